The number of hydrogen-bond acceptors (Lipinski definition) is 3. The summed E-state index contributed by atoms with van der Waals surface area (Å²) in [5, 5.41) is 5.82. The van der Waals surface area contributed by atoms with Crippen molar-refractivity contribution in [3.63, 3.8) is 0 Å². The monoisotopic (exact) mass is 219 g/mol. The van der Waals surface area contributed by atoms with Crippen molar-refractivity contribution in [3.05, 3.63) is 36.2 Å². The molecule has 1 aromatic heterocycles. The minimum absolute atomic E-state index is 0.177. The molecule has 0 bridgehead atoms. The smallest absolute Gasteiger partial charge is 0.251 e. The first-order valence-corrected chi connectivity index (χ1v) is 5.25. The predicted octanol–water partition coefficient (Wildman–Crippen LogP) is 1.92. The molecule has 0 saturated carbocycles. The van der Waals surface area contributed by atoms with Crippen LogP contribution >= 0.6 is 0 Å². The number of hydrogen-bond donors (Lipinski definition) is 2. The average Bonchev–Trinajstić information content (AvgIpc) is 2.17. The molecule has 0 aliphatic carbocycles. The Morgan fingerprint density at radius 3 is 2.75 bits per heavy atom. The van der Waals surface area contributed by atoms with Gasteiger partial charge in [-0.3, -0.25) is 4.79 Å². The van der Waals surface area contributed by atoms with E-state index in [9.17, 15) is 4.79 Å². The lowest BCUT2D eigenvalue weighted by atomic mass is 10.3. The summed E-state index contributed by atoms with van der Waals surface area (Å²) in [4.78, 5) is 15.5. The highest BCUT2D eigenvalue weighted by atomic mass is 16.1. The Bertz CT molecular complexity index is 371. The maximum absolute atomic E-state index is 11.5. The molecule has 0 aromatic carbocycles. The van der Waals surface area contributed by atoms with Gasteiger partial charge in [-0.05, 0) is 32.9 Å². The fraction of sp³-hybridized carbons (Fsp3) is 0.333. The summed E-state index contributed by atoms with van der Waals surface area (Å²) < 4.78 is 0. The molecule has 0 unspecified atom stereocenters. The molecule has 1 aromatic rings. The van der Waals surface area contributed by atoms with E-state index in [4.69, 9.17) is 0 Å². The second-order valence-corrected chi connectivity index (χ2v) is 3.83. The number of carbonyl (C=O) groups excluding carboxylic acids is 1. The zero-order valence-electron chi connectivity index (χ0n) is 9.82. The van der Waals surface area contributed by atoms with Crippen molar-refractivity contribution in [1.29, 1.82) is 0 Å². The van der Waals surface area contributed by atoms with Gasteiger partial charge in [0.25, 0.3) is 5.91 Å². The highest BCUT2D eigenvalue weighted by molar-refractivity contribution is 5.98. The topological polar surface area (TPSA) is 54.0 Å². The quantitative estimate of drug-likeness (QED) is 0.761. The SMILES string of the molecule is C/C(=C/C(=O)Nc1ccccn1)NC(C)C. The Morgan fingerprint density at radius 1 is 1.44 bits per heavy atom. The third-order valence-electron chi connectivity index (χ3n) is 1.78. The van der Waals surface area contributed by atoms with Gasteiger partial charge in [0.05, 0.1) is 0 Å². The standard InChI is InChI=1S/C12H17N3O/c1-9(2)14-10(3)8-12(16)15-11-6-4-5-7-13-11/h4-9,14H,1-3H3,(H,13,15,16)/b10-8-. The van der Waals surface area contributed by atoms with Gasteiger partial charge in [-0.1, -0.05) is 6.07 Å². The summed E-state index contributed by atoms with van der Waals surface area (Å²) in [5.74, 6) is 0.380. The largest absolute Gasteiger partial charge is 0.386 e. The molecule has 0 saturated heterocycles. The van der Waals surface area contributed by atoms with Gasteiger partial charge in [0, 0.05) is 24.0 Å². The van der Waals surface area contributed by atoms with E-state index in [0.717, 1.165) is 5.70 Å². The minimum Gasteiger partial charge on any atom is -0.386 e. The number of allylic oxidation sites excluding steroid dienone is 1. The number of aromatic nitrogens is 1. The second-order valence-electron chi connectivity index (χ2n) is 3.83. The first kappa shape index (κ1) is 12.2. The van der Waals surface area contributed by atoms with Gasteiger partial charge in [-0.25, -0.2) is 4.98 Å². The van der Waals surface area contributed by atoms with Crippen LogP contribution in [-0.4, -0.2) is 16.9 Å². The van der Waals surface area contributed by atoms with E-state index in [2.05, 4.69) is 15.6 Å². The first-order chi connectivity index (χ1) is 7.58. The van der Waals surface area contributed by atoms with Gasteiger partial charge < -0.3 is 10.6 Å². The highest BCUT2D eigenvalue weighted by Gasteiger charge is 2.00. The summed E-state index contributed by atoms with van der Waals surface area (Å²) >= 11 is 0. The molecule has 2 N–H and O–H groups in total. The van der Waals surface area contributed by atoms with Crippen molar-refractivity contribution in [2.24, 2.45) is 0 Å². The highest BCUT2D eigenvalue weighted by Crippen LogP contribution is 2.00. The van der Waals surface area contributed by atoms with Crippen LogP contribution in [0.15, 0.2) is 36.2 Å². The lowest BCUT2D eigenvalue weighted by Gasteiger charge is -2.09. The summed E-state index contributed by atoms with van der Waals surface area (Å²) in [6.45, 7) is 5.90. The van der Waals surface area contributed by atoms with E-state index >= 15 is 0 Å². The number of anilines is 1. The molecule has 0 atom stereocenters. The van der Waals surface area contributed by atoms with Gasteiger partial charge in [0.2, 0.25) is 0 Å². The molecule has 4 heteroatoms. The number of rotatable bonds is 4. The van der Waals surface area contributed by atoms with E-state index in [1.165, 1.54) is 6.08 Å². The third kappa shape index (κ3) is 4.59. The lowest BCUT2D eigenvalue weighted by molar-refractivity contribution is -0.112. The molecule has 86 valence electrons. The fourth-order valence-corrected chi connectivity index (χ4v) is 1.29. The molecule has 0 spiro atoms. The molecule has 0 aliphatic heterocycles. The summed E-state index contributed by atoms with van der Waals surface area (Å²) in [5.41, 5.74) is 0.837. The minimum atomic E-state index is -0.177. The summed E-state index contributed by atoms with van der Waals surface area (Å²) in [6.07, 6.45) is 3.16. The Labute approximate surface area is 95.8 Å². The Balaban J connectivity index is 2.54. The van der Waals surface area contributed by atoms with Crippen molar-refractivity contribution >= 4 is 11.7 Å². The van der Waals surface area contributed by atoms with Gasteiger partial charge >= 0.3 is 0 Å². The fourth-order valence-electron chi connectivity index (χ4n) is 1.29. The third-order valence-corrected chi connectivity index (χ3v) is 1.78. The molecule has 1 amide bonds. The Kier molecular flexibility index (Phi) is 4.51. The zero-order valence-corrected chi connectivity index (χ0v) is 9.82. The van der Waals surface area contributed by atoms with E-state index in [1.807, 2.05) is 26.8 Å². The van der Waals surface area contributed by atoms with Crippen molar-refractivity contribution in [3.8, 4) is 0 Å². The maximum Gasteiger partial charge on any atom is 0.251 e. The van der Waals surface area contributed by atoms with Crippen LogP contribution in [0.5, 0.6) is 0 Å². The van der Waals surface area contributed by atoms with Crippen molar-refractivity contribution in [1.82, 2.24) is 10.3 Å². The second kappa shape index (κ2) is 5.90. The molecule has 16 heavy (non-hydrogen) atoms. The molecular weight excluding hydrogens is 202 g/mol. The van der Waals surface area contributed by atoms with Crippen LogP contribution in [0.25, 0.3) is 0 Å². The van der Waals surface area contributed by atoms with E-state index < -0.39 is 0 Å². The zero-order chi connectivity index (χ0) is 12.0. The number of nitrogens with zero attached hydrogens (tertiary/aromatic N) is 1. The Morgan fingerprint density at radius 2 is 2.19 bits per heavy atom. The summed E-state index contributed by atoms with van der Waals surface area (Å²) in [6, 6.07) is 5.69. The van der Waals surface area contributed by atoms with E-state index in [1.54, 1.807) is 18.3 Å². The van der Waals surface area contributed by atoms with Crippen LogP contribution in [0.1, 0.15) is 20.8 Å². The molecule has 0 fully saturated rings. The number of nitrogens with one attached hydrogen (secondary N) is 2. The molecule has 4 nitrogen and oxygen atoms in total. The number of pyridine rings is 1. The Hall–Kier alpha value is -1.84. The van der Waals surface area contributed by atoms with Crippen LogP contribution < -0.4 is 10.6 Å². The van der Waals surface area contributed by atoms with E-state index in [-0.39, 0.29) is 5.91 Å². The number of carbonyl (C=O) groups is 1. The van der Waals surface area contributed by atoms with Crippen LogP contribution in [0.2, 0.25) is 0 Å². The molecular formula is C12H17N3O. The van der Waals surface area contributed by atoms with Crippen molar-refractivity contribution in [2.45, 2.75) is 26.8 Å². The van der Waals surface area contributed by atoms with Crippen LogP contribution in [0, 0.1) is 0 Å². The van der Waals surface area contributed by atoms with Gasteiger partial charge in [-0.2, -0.15) is 0 Å². The van der Waals surface area contributed by atoms with Gasteiger partial charge in [0.15, 0.2) is 0 Å². The average molecular weight is 219 g/mol. The molecule has 1 rings (SSSR count). The normalized spacial score (nSPS) is 11.4. The van der Waals surface area contributed by atoms with Gasteiger partial charge in [-0.15, -0.1) is 0 Å². The van der Waals surface area contributed by atoms with Crippen LogP contribution in [-0.2, 0) is 4.79 Å². The van der Waals surface area contributed by atoms with Crippen LogP contribution in [0.4, 0.5) is 5.82 Å². The number of amides is 1. The molecule has 0 aliphatic rings. The molecule has 0 radical (unpaired) electrons. The predicted molar refractivity (Wildman–Crippen MR) is 64.9 cm³/mol. The van der Waals surface area contributed by atoms with Crippen LogP contribution in [0.3, 0.4) is 0 Å². The van der Waals surface area contributed by atoms with E-state index in [0.29, 0.717) is 11.9 Å². The van der Waals surface area contributed by atoms with Gasteiger partial charge in [0.1, 0.15) is 5.82 Å². The maximum atomic E-state index is 11.5. The lowest BCUT2D eigenvalue weighted by Crippen LogP contribution is -2.22. The first-order valence-electron chi connectivity index (χ1n) is 5.25. The van der Waals surface area contributed by atoms with Crippen molar-refractivity contribution in [2.75, 3.05) is 5.32 Å². The van der Waals surface area contributed by atoms with Crippen molar-refractivity contribution < 1.29 is 4.79 Å². The summed E-state index contributed by atoms with van der Waals surface area (Å²) in [7, 11) is 0. The molecule has 1 heterocycles.